The molecule has 0 radical (unpaired) electrons. The second kappa shape index (κ2) is 9.81. The van der Waals surface area contributed by atoms with Gasteiger partial charge in [0.05, 0.1) is 11.2 Å². The zero-order chi connectivity index (χ0) is 22.6. The third-order valence-electron chi connectivity index (χ3n) is 5.58. The second-order valence-electron chi connectivity index (χ2n) is 7.91. The summed E-state index contributed by atoms with van der Waals surface area (Å²) in [5.74, 6) is 0.262. The minimum absolute atomic E-state index is 0.0291. The van der Waals surface area contributed by atoms with E-state index in [-0.39, 0.29) is 28.8 Å². The number of aryl methyl sites for hydroxylation is 2. The van der Waals surface area contributed by atoms with Crippen molar-refractivity contribution in [2.75, 3.05) is 13.1 Å². The average Bonchev–Trinajstić information content (AvgIpc) is 3.18. The van der Waals surface area contributed by atoms with E-state index < -0.39 is 16.1 Å². The quantitative estimate of drug-likeness (QED) is 0.679. The van der Waals surface area contributed by atoms with E-state index in [1.807, 2.05) is 6.07 Å². The number of carbonyl (C=O) groups excluding carboxylic acids is 1. The van der Waals surface area contributed by atoms with Crippen molar-refractivity contribution in [3.8, 4) is 6.07 Å². The molecule has 31 heavy (non-hydrogen) atoms. The van der Waals surface area contributed by atoms with Crippen molar-refractivity contribution in [1.82, 2.24) is 19.4 Å². The van der Waals surface area contributed by atoms with E-state index in [0.717, 1.165) is 12.8 Å². The molecule has 1 aromatic carbocycles. The van der Waals surface area contributed by atoms with Crippen LogP contribution in [0.15, 0.2) is 35.4 Å². The van der Waals surface area contributed by atoms with Crippen LogP contribution in [0.5, 0.6) is 0 Å². The summed E-state index contributed by atoms with van der Waals surface area (Å²) in [6, 6.07) is 7.45. The third kappa shape index (κ3) is 5.45. The van der Waals surface area contributed by atoms with Crippen molar-refractivity contribution < 1.29 is 13.2 Å². The van der Waals surface area contributed by atoms with Gasteiger partial charge >= 0.3 is 0 Å². The number of nitriles is 1. The van der Waals surface area contributed by atoms with E-state index >= 15 is 0 Å². The predicted octanol–water partition coefficient (Wildman–Crippen LogP) is 2.71. The lowest BCUT2D eigenvalue weighted by Crippen LogP contribution is -2.51. The summed E-state index contributed by atoms with van der Waals surface area (Å²) in [7, 11) is -4.05. The third-order valence-corrected chi connectivity index (χ3v) is 7.69. The molecular formula is C21H26ClN5O3S. The van der Waals surface area contributed by atoms with Crippen LogP contribution in [-0.2, 0) is 21.4 Å². The van der Waals surface area contributed by atoms with E-state index in [4.69, 9.17) is 11.6 Å². The van der Waals surface area contributed by atoms with E-state index in [9.17, 15) is 18.5 Å². The number of carbonyl (C=O) groups is 1. The molecule has 2 aromatic rings. The maximum atomic E-state index is 13.3. The predicted molar refractivity (Wildman–Crippen MR) is 117 cm³/mol. The number of nitrogens with one attached hydrogen (secondary N) is 1. The Labute approximate surface area is 187 Å². The topological polar surface area (TPSA) is 108 Å². The number of piperidine rings is 1. The van der Waals surface area contributed by atoms with Crippen LogP contribution in [0.4, 0.5) is 0 Å². The Kier molecular flexibility index (Phi) is 7.36. The Morgan fingerprint density at radius 1 is 1.35 bits per heavy atom. The lowest BCUT2D eigenvalue weighted by atomic mass is 9.98. The first kappa shape index (κ1) is 23.3. The smallest absolute Gasteiger partial charge is 0.243 e. The Morgan fingerprint density at radius 3 is 2.71 bits per heavy atom. The molecule has 1 N–H and O–H groups in total. The maximum absolute atomic E-state index is 13.3. The maximum Gasteiger partial charge on any atom is 0.243 e. The fourth-order valence-electron chi connectivity index (χ4n) is 3.74. The Morgan fingerprint density at radius 2 is 2.06 bits per heavy atom. The van der Waals surface area contributed by atoms with Crippen LogP contribution >= 0.6 is 11.6 Å². The number of sulfonamides is 1. The van der Waals surface area contributed by atoms with Gasteiger partial charge in [0.15, 0.2) is 0 Å². The lowest BCUT2D eigenvalue weighted by molar-refractivity contribution is -0.134. The zero-order valence-electron chi connectivity index (χ0n) is 17.6. The highest BCUT2D eigenvalue weighted by Crippen LogP contribution is 2.25. The molecule has 10 heteroatoms. The summed E-state index contributed by atoms with van der Waals surface area (Å²) in [4.78, 5) is 14.9. The highest BCUT2D eigenvalue weighted by atomic mass is 35.5. The Balaban J connectivity index is 1.86. The van der Waals surface area contributed by atoms with Crippen LogP contribution in [0.25, 0.3) is 0 Å². The Bertz CT molecular complexity index is 1060. The van der Waals surface area contributed by atoms with Gasteiger partial charge in [-0.3, -0.25) is 9.48 Å². The van der Waals surface area contributed by atoms with Crippen molar-refractivity contribution in [1.29, 1.82) is 5.26 Å². The van der Waals surface area contributed by atoms with E-state index in [1.54, 1.807) is 30.0 Å². The van der Waals surface area contributed by atoms with Crippen molar-refractivity contribution in [2.24, 2.45) is 5.92 Å². The zero-order valence-corrected chi connectivity index (χ0v) is 19.2. The van der Waals surface area contributed by atoms with Gasteiger partial charge in [-0.1, -0.05) is 30.7 Å². The minimum atomic E-state index is -4.05. The number of amides is 1. The van der Waals surface area contributed by atoms with Crippen molar-refractivity contribution >= 4 is 27.5 Å². The van der Waals surface area contributed by atoms with E-state index in [2.05, 4.69) is 16.7 Å². The minimum Gasteiger partial charge on any atom is -0.341 e. The van der Waals surface area contributed by atoms with Crippen LogP contribution in [0.3, 0.4) is 0 Å². The monoisotopic (exact) mass is 463 g/mol. The van der Waals surface area contributed by atoms with Crippen molar-refractivity contribution in [2.45, 2.75) is 50.6 Å². The van der Waals surface area contributed by atoms with Gasteiger partial charge < -0.3 is 4.90 Å². The molecule has 0 saturated carbocycles. The molecule has 0 bridgehead atoms. The van der Waals surface area contributed by atoms with Crippen LogP contribution in [0, 0.1) is 24.2 Å². The summed E-state index contributed by atoms with van der Waals surface area (Å²) in [5, 5.41) is 13.4. The van der Waals surface area contributed by atoms with Gasteiger partial charge in [0.2, 0.25) is 15.9 Å². The highest BCUT2D eigenvalue weighted by molar-refractivity contribution is 7.89. The SMILES string of the molecule is Cc1cccc(Cl)c1S(=O)(=O)NC(CCn1nccc1C#N)C(=O)N1CCC(C)CC1. The summed E-state index contributed by atoms with van der Waals surface area (Å²) >= 11 is 6.17. The molecule has 3 rings (SSSR count). The number of halogens is 1. The van der Waals surface area contributed by atoms with Gasteiger partial charge in [-0.25, -0.2) is 8.42 Å². The first-order valence-electron chi connectivity index (χ1n) is 10.2. The number of hydrogen-bond acceptors (Lipinski definition) is 5. The van der Waals surface area contributed by atoms with Gasteiger partial charge in [-0.2, -0.15) is 15.1 Å². The first-order valence-corrected chi connectivity index (χ1v) is 12.1. The summed E-state index contributed by atoms with van der Waals surface area (Å²) in [6.45, 7) is 5.21. The molecule has 8 nitrogen and oxygen atoms in total. The normalized spacial score (nSPS) is 16.1. The molecule has 1 unspecified atom stereocenters. The molecule has 1 aromatic heterocycles. The molecule has 2 heterocycles. The number of benzene rings is 1. The number of aromatic nitrogens is 2. The molecule has 1 saturated heterocycles. The summed E-state index contributed by atoms with van der Waals surface area (Å²) in [5.41, 5.74) is 0.847. The molecule has 0 aliphatic carbocycles. The van der Waals surface area contributed by atoms with E-state index in [0.29, 0.717) is 30.3 Å². The first-order chi connectivity index (χ1) is 14.7. The molecule has 166 valence electrons. The van der Waals surface area contributed by atoms with Gasteiger partial charge in [0.25, 0.3) is 0 Å². The Hall–Kier alpha value is -2.41. The second-order valence-corrected chi connectivity index (χ2v) is 9.97. The fourth-order valence-corrected chi connectivity index (χ4v) is 5.80. The van der Waals surface area contributed by atoms with Gasteiger partial charge in [-0.05, 0) is 49.8 Å². The summed E-state index contributed by atoms with van der Waals surface area (Å²) in [6.07, 6.45) is 3.42. The number of nitrogens with zero attached hydrogens (tertiary/aromatic N) is 4. The van der Waals surface area contributed by atoms with Crippen LogP contribution in [0.1, 0.15) is 37.4 Å². The highest BCUT2D eigenvalue weighted by Gasteiger charge is 2.32. The molecule has 0 spiro atoms. The van der Waals surface area contributed by atoms with Gasteiger partial charge in [0.1, 0.15) is 22.7 Å². The molecule has 1 aliphatic rings. The van der Waals surface area contributed by atoms with Crippen LogP contribution < -0.4 is 4.72 Å². The average molecular weight is 464 g/mol. The van der Waals surface area contributed by atoms with Gasteiger partial charge in [-0.15, -0.1) is 0 Å². The fraction of sp³-hybridized carbons (Fsp3) is 0.476. The number of hydrogen-bond donors (Lipinski definition) is 1. The van der Waals surface area contributed by atoms with Gasteiger partial charge in [0, 0.05) is 19.6 Å². The molecule has 1 amide bonds. The molecule has 1 aliphatic heterocycles. The molecule has 1 atom stereocenters. The lowest BCUT2D eigenvalue weighted by Gasteiger charge is -2.33. The van der Waals surface area contributed by atoms with Crippen LogP contribution in [-0.4, -0.2) is 48.1 Å². The van der Waals surface area contributed by atoms with Crippen molar-refractivity contribution in [3.63, 3.8) is 0 Å². The number of likely N-dealkylation sites (tertiary alicyclic amines) is 1. The summed E-state index contributed by atoms with van der Waals surface area (Å²) < 4.78 is 30.4. The largest absolute Gasteiger partial charge is 0.341 e. The van der Waals surface area contributed by atoms with E-state index in [1.165, 1.54) is 16.9 Å². The van der Waals surface area contributed by atoms with Crippen LogP contribution in [0.2, 0.25) is 5.02 Å². The molecular weight excluding hydrogens is 438 g/mol. The standard InChI is InChI=1S/C21H26ClN5O3S/c1-15-7-11-26(12-8-15)21(28)19(9-13-27-17(14-23)6-10-24-27)25-31(29,30)20-16(2)4-3-5-18(20)22/h3-6,10,15,19,25H,7-9,11-13H2,1-2H3. The van der Waals surface area contributed by atoms with Crippen molar-refractivity contribution in [3.05, 3.63) is 46.7 Å². The number of rotatable bonds is 7. The molecule has 1 fully saturated rings.